The van der Waals surface area contributed by atoms with Gasteiger partial charge in [0.25, 0.3) is 5.56 Å². The molecule has 0 fully saturated rings. The van der Waals surface area contributed by atoms with Gasteiger partial charge in [0.2, 0.25) is 5.91 Å². The summed E-state index contributed by atoms with van der Waals surface area (Å²) < 4.78 is 10.2. The Hall–Kier alpha value is -3.33. The van der Waals surface area contributed by atoms with Crippen LogP contribution >= 0.6 is 11.8 Å². The molecular weight excluding hydrogens is 392 g/mol. The zero-order chi connectivity index (χ0) is 20.6. The Morgan fingerprint density at radius 2 is 1.83 bits per heavy atom. The number of amides is 1. The number of rotatable bonds is 8. The lowest BCUT2D eigenvalue weighted by molar-refractivity contribution is -0.113. The highest BCUT2D eigenvalue weighted by atomic mass is 32.2. The Morgan fingerprint density at radius 1 is 1.07 bits per heavy atom. The zero-order valence-corrected chi connectivity index (χ0v) is 16.8. The molecule has 9 heteroatoms. The Bertz CT molecular complexity index is 1040. The van der Waals surface area contributed by atoms with E-state index in [0.29, 0.717) is 23.6 Å². The van der Waals surface area contributed by atoms with E-state index in [-0.39, 0.29) is 22.4 Å². The summed E-state index contributed by atoms with van der Waals surface area (Å²) in [6.45, 7) is 0. The predicted molar refractivity (Wildman–Crippen MR) is 111 cm³/mol. The molecule has 0 radical (unpaired) electrons. The number of H-pyrrole nitrogens is 1. The quantitative estimate of drug-likeness (QED) is 0.548. The van der Waals surface area contributed by atoms with Gasteiger partial charge < -0.3 is 14.8 Å². The van der Waals surface area contributed by atoms with Crippen LogP contribution in [0.4, 0.5) is 5.69 Å². The summed E-state index contributed by atoms with van der Waals surface area (Å²) in [5.41, 5.74) is 1.53. The summed E-state index contributed by atoms with van der Waals surface area (Å²) in [5.74, 6) is 1.25. The molecule has 1 heterocycles. The van der Waals surface area contributed by atoms with Crippen LogP contribution in [0.2, 0.25) is 0 Å². The lowest BCUT2D eigenvalue weighted by atomic mass is 10.1. The Morgan fingerprint density at radius 3 is 2.52 bits per heavy atom. The number of hydrogen-bond acceptors (Lipinski definition) is 7. The third kappa shape index (κ3) is 5.82. The smallest absolute Gasteiger partial charge is 0.273 e. The van der Waals surface area contributed by atoms with E-state index < -0.39 is 0 Å². The van der Waals surface area contributed by atoms with Gasteiger partial charge in [-0.05, 0) is 29.8 Å². The number of aromatic amines is 1. The van der Waals surface area contributed by atoms with Crippen LogP contribution in [0.1, 0.15) is 11.3 Å². The molecule has 1 aromatic heterocycles. The maximum atomic E-state index is 12.3. The molecule has 8 nitrogen and oxygen atoms in total. The maximum absolute atomic E-state index is 12.3. The molecule has 2 N–H and O–H groups in total. The topological polar surface area (TPSA) is 106 Å². The highest BCUT2D eigenvalue weighted by Gasteiger charge is 2.10. The van der Waals surface area contributed by atoms with Gasteiger partial charge >= 0.3 is 0 Å². The van der Waals surface area contributed by atoms with E-state index in [9.17, 15) is 9.59 Å². The number of aromatic nitrogens is 3. The van der Waals surface area contributed by atoms with Crippen LogP contribution in [-0.2, 0) is 11.2 Å². The number of hydrogen-bond donors (Lipinski definition) is 2. The van der Waals surface area contributed by atoms with Crippen LogP contribution in [-0.4, -0.2) is 41.1 Å². The van der Waals surface area contributed by atoms with Crippen LogP contribution in [0.25, 0.3) is 0 Å². The van der Waals surface area contributed by atoms with Gasteiger partial charge in [-0.15, -0.1) is 10.2 Å². The molecule has 0 saturated carbocycles. The Kier molecular flexibility index (Phi) is 6.85. The predicted octanol–water partition coefficient (Wildman–Crippen LogP) is 2.50. The first-order valence-corrected chi connectivity index (χ1v) is 9.71. The summed E-state index contributed by atoms with van der Waals surface area (Å²) in [7, 11) is 3.16. The molecule has 0 saturated heterocycles. The second-order valence-electron chi connectivity index (χ2n) is 6.00. The summed E-state index contributed by atoms with van der Waals surface area (Å²) in [4.78, 5) is 27.0. The van der Waals surface area contributed by atoms with Crippen molar-refractivity contribution in [3.8, 4) is 11.5 Å². The van der Waals surface area contributed by atoms with Crippen LogP contribution in [0.15, 0.2) is 58.5 Å². The Balaban J connectivity index is 1.56. The first-order chi connectivity index (χ1) is 14.1. The number of ether oxygens (including phenoxy) is 2. The van der Waals surface area contributed by atoms with Gasteiger partial charge in [0.05, 0.1) is 20.0 Å². The highest BCUT2D eigenvalue weighted by molar-refractivity contribution is 7.99. The second kappa shape index (κ2) is 9.74. The van der Waals surface area contributed by atoms with E-state index in [4.69, 9.17) is 9.47 Å². The van der Waals surface area contributed by atoms with Crippen molar-refractivity contribution in [1.82, 2.24) is 15.2 Å². The van der Waals surface area contributed by atoms with Crippen LogP contribution in [0.5, 0.6) is 11.5 Å². The van der Waals surface area contributed by atoms with E-state index in [2.05, 4.69) is 20.5 Å². The van der Waals surface area contributed by atoms with Gasteiger partial charge in [-0.1, -0.05) is 30.0 Å². The third-order valence-corrected chi connectivity index (χ3v) is 4.83. The van der Waals surface area contributed by atoms with Crippen molar-refractivity contribution in [1.29, 1.82) is 0 Å². The van der Waals surface area contributed by atoms with Crippen LogP contribution in [0.3, 0.4) is 0 Å². The summed E-state index contributed by atoms with van der Waals surface area (Å²) in [6.07, 6.45) is 0.355. The molecule has 0 aliphatic rings. The minimum absolute atomic E-state index is 0.0830. The molecule has 3 rings (SSSR count). The maximum Gasteiger partial charge on any atom is 0.273 e. The summed E-state index contributed by atoms with van der Waals surface area (Å²) in [5, 5.41) is 11.1. The number of benzene rings is 2. The molecule has 0 aliphatic heterocycles. The standard InChI is InChI=1S/C20H20N4O4S/c1-27-15-8-6-13(7-9-15)10-17-19(26)22-20(24-23-17)29-12-18(25)21-14-4-3-5-16(11-14)28-2/h3-9,11H,10,12H2,1-2H3,(H,21,25)(H,22,24,26). The molecule has 2 aromatic carbocycles. The highest BCUT2D eigenvalue weighted by Crippen LogP contribution is 2.18. The number of nitrogens with one attached hydrogen (secondary N) is 2. The van der Waals surface area contributed by atoms with Crippen LogP contribution < -0.4 is 20.3 Å². The van der Waals surface area contributed by atoms with E-state index in [1.807, 2.05) is 24.3 Å². The SMILES string of the molecule is COc1ccc(Cc2nnc(SCC(=O)Nc3cccc(OC)c3)[nH]c2=O)cc1. The fraction of sp³-hybridized carbons (Fsp3) is 0.200. The summed E-state index contributed by atoms with van der Waals surface area (Å²) >= 11 is 1.10. The summed E-state index contributed by atoms with van der Waals surface area (Å²) in [6, 6.07) is 14.4. The average Bonchev–Trinajstić information content (AvgIpc) is 2.74. The molecular formula is C20H20N4O4S. The molecule has 0 bridgehead atoms. The van der Waals surface area contributed by atoms with Gasteiger partial charge in [-0.25, -0.2) is 0 Å². The molecule has 1 amide bonds. The van der Waals surface area contributed by atoms with Crippen molar-refractivity contribution in [2.45, 2.75) is 11.6 Å². The van der Waals surface area contributed by atoms with Gasteiger partial charge in [-0.3, -0.25) is 14.6 Å². The molecule has 3 aromatic rings. The number of thioether (sulfide) groups is 1. The number of carbonyl (C=O) groups excluding carboxylic acids is 1. The minimum atomic E-state index is -0.327. The monoisotopic (exact) mass is 412 g/mol. The molecule has 0 atom stereocenters. The lowest BCUT2D eigenvalue weighted by Crippen LogP contribution is -2.19. The largest absolute Gasteiger partial charge is 0.497 e. The van der Waals surface area contributed by atoms with Crippen molar-refractivity contribution in [2.75, 3.05) is 25.3 Å². The second-order valence-corrected chi connectivity index (χ2v) is 6.96. The van der Waals surface area contributed by atoms with E-state index in [0.717, 1.165) is 23.1 Å². The Labute approximate surface area is 171 Å². The van der Waals surface area contributed by atoms with E-state index in [1.165, 1.54) is 0 Å². The molecule has 0 spiro atoms. The number of methoxy groups -OCH3 is 2. The van der Waals surface area contributed by atoms with E-state index >= 15 is 0 Å². The van der Waals surface area contributed by atoms with E-state index in [1.54, 1.807) is 38.5 Å². The normalized spacial score (nSPS) is 10.4. The van der Waals surface area contributed by atoms with Gasteiger partial charge in [-0.2, -0.15) is 0 Å². The van der Waals surface area contributed by atoms with Crippen molar-refractivity contribution >= 4 is 23.4 Å². The molecule has 150 valence electrons. The minimum Gasteiger partial charge on any atom is -0.497 e. The van der Waals surface area contributed by atoms with Crippen molar-refractivity contribution in [2.24, 2.45) is 0 Å². The van der Waals surface area contributed by atoms with Crippen molar-refractivity contribution < 1.29 is 14.3 Å². The lowest BCUT2D eigenvalue weighted by Gasteiger charge is -2.07. The van der Waals surface area contributed by atoms with Gasteiger partial charge in [0.1, 0.15) is 17.2 Å². The van der Waals surface area contributed by atoms with Gasteiger partial charge in [0.15, 0.2) is 5.16 Å². The van der Waals surface area contributed by atoms with Crippen molar-refractivity contribution in [3.63, 3.8) is 0 Å². The number of anilines is 1. The number of carbonyl (C=O) groups is 1. The number of nitrogens with zero attached hydrogens (tertiary/aromatic N) is 2. The third-order valence-electron chi connectivity index (χ3n) is 3.97. The van der Waals surface area contributed by atoms with Crippen molar-refractivity contribution in [3.05, 3.63) is 70.1 Å². The molecule has 0 aliphatic carbocycles. The average molecular weight is 412 g/mol. The molecule has 29 heavy (non-hydrogen) atoms. The van der Waals surface area contributed by atoms with Crippen LogP contribution in [0, 0.1) is 0 Å². The zero-order valence-electron chi connectivity index (χ0n) is 16.0. The molecule has 0 unspecified atom stereocenters. The first kappa shape index (κ1) is 20.4. The first-order valence-electron chi connectivity index (χ1n) is 8.73. The fourth-order valence-corrected chi connectivity index (χ4v) is 3.10. The fourth-order valence-electron chi connectivity index (χ4n) is 2.49. The van der Waals surface area contributed by atoms with Gasteiger partial charge in [0, 0.05) is 18.2 Å².